The van der Waals surface area contributed by atoms with Gasteiger partial charge in [-0.15, -0.1) is 11.8 Å². The quantitative estimate of drug-likeness (QED) is 0.504. The zero-order valence-corrected chi connectivity index (χ0v) is 11.9. The third-order valence-corrected chi connectivity index (χ3v) is 4.30. The molecule has 2 rings (SSSR count). The van der Waals surface area contributed by atoms with E-state index < -0.39 is 16.8 Å². The molecule has 1 aromatic rings. The van der Waals surface area contributed by atoms with E-state index in [2.05, 4.69) is 0 Å². The highest BCUT2D eigenvalue weighted by Crippen LogP contribution is 2.23. The van der Waals surface area contributed by atoms with Crippen LogP contribution >= 0.6 is 11.8 Å². The minimum Gasteiger partial charge on any atom is -0.481 e. The number of nitro benzene ring substituents is 1. The van der Waals surface area contributed by atoms with E-state index in [1.54, 1.807) is 17.0 Å². The molecule has 1 atom stereocenters. The van der Waals surface area contributed by atoms with Crippen LogP contribution in [0.1, 0.15) is 6.42 Å². The van der Waals surface area contributed by atoms with Crippen molar-refractivity contribution >= 4 is 29.3 Å². The lowest BCUT2D eigenvalue weighted by Crippen LogP contribution is -2.31. The molecule has 21 heavy (non-hydrogen) atoms. The van der Waals surface area contributed by atoms with Crippen molar-refractivity contribution in [3.05, 3.63) is 34.4 Å². The summed E-state index contributed by atoms with van der Waals surface area (Å²) in [6.45, 7) is 0.728. The molecule has 0 radical (unpaired) electrons. The Kier molecular flexibility index (Phi) is 4.79. The molecule has 1 fully saturated rings. The average molecular weight is 310 g/mol. The Bertz CT molecular complexity index is 560. The first-order valence-electron chi connectivity index (χ1n) is 6.35. The highest BCUT2D eigenvalue weighted by atomic mass is 32.2. The number of carbonyl (C=O) groups is 2. The third-order valence-electron chi connectivity index (χ3n) is 3.30. The van der Waals surface area contributed by atoms with Crippen molar-refractivity contribution in [1.82, 2.24) is 4.90 Å². The monoisotopic (exact) mass is 310 g/mol. The summed E-state index contributed by atoms with van der Waals surface area (Å²) < 4.78 is 0. The number of amides is 1. The molecule has 1 aromatic carbocycles. The molecule has 1 aliphatic heterocycles. The maximum Gasteiger partial charge on any atom is 0.308 e. The summed E-state index contributed by atoms with van der Waals surface area (Å²) in [4.78, 5) is 35.2. The first-order chi connectivity index (χ1) is 9.97. The lowest BCUT2D eigenvalue weighted by molar-refractivity contribution is -0.384. The molecule has 0 aromatic heterocycles. The standard InChI is InChI=1S/C13H14N2O5S/c16-12(14-6-5-9(7-14)13(17)18)8-21-11-3-1-10(2-4-11)15(19)20/h1-4,9H,5-8H2,(H,17,18). The van der Waals surface area contributed by atoms with E-state index in [-0.39, 0.29) is 23.9 Å². The highest BCUT2D eigenvalue weighted by Gasteiger charge is 2.30. The molecule has 0 aliphatic carbocycles. The molecule has 0 bridgehead atoms. The second-order valence-electron chi connectivity index (χ2n) is 4.70. The summed E-state index contributed by atoms with van der Waals surface area (Å²) in [5, 5.41) is 19.4. The van der Waals surface area contributed by atoms with Gasteiger partial charge in [0.1, 0.15) is 0 Å². The van der Waals surface area contributed by atoms with Gasteiger partial charge in [0.2, 0.25) is 5.91 Å². The van der Waals surface area contributed by atoms with Crippen molar-refractivity contribution in [2.75, 3.05) is 18.8 Å². The fraction of sp³-hybridized carbons (Fsp3) is 0.385. The summed E-state index contributed by atoms with van der Waals surface area (Å²) in [5.74, 6) is -1.25. The predicted molar refractivity (Wildman–Crippen MR) is 76.1 cm³/mol. The smallest absolute Gasteiger partial charge is 0.308 e. The van der Waals surface area contributed by atoms with Crippen molar-refractivity contribution < 1.29 is 19.6 Å². The van der Waals surface area contributed by atoms with Crippen LogP contribution in [0.2, 0.25) is 0 Å². The third kappa shape index (κ3) is 3.94. The van der Waals surface area contributed by atoms with E-state index in [1.807, 2.05) is 0 Å². The van der Waals surface area contributed by atoms with Gasteiger partial charge in [-0.1, -0.05) is 0 Å². The maximum absolute atomic E-state index is 12.0. The second kappa shape index (κ2) is 6.57. The SMILES string of the molecule is O=C(O)C1CCN(C(=O)CSc2ccc([N+](=O)[O-])cc2)C1. The van der Waals surface area contributed by atoms with Crippen LogP contribution in [0.3, 0.4) is 0 Å². The van der Waals surface area contributed by atoms with Crippen LogP contribution < -0.4 is 0 Å². The van der Waals surface area contributed by atoms with Crippen molar-refractivity contribution in [2.24, 2.45) is 5.92 Å². The molecule has 0 spiro atoms. The first-order valence-corrected chi connectivity index (χ1v) is 7.34. The number of carboxylic acid groups (broad SMARTS) is 1. The molecule has 8 heteroatoms. The van der Waals surface area contributed by atoms with Gasteiger partial charge in [0.15, 0.2) is 0 Å². The van der Waals surface area contributed by atoms with Gasteiger partial charge in [-0.2, -0.15) is 0 Å². The summed E-state index contributed by atoms with van der Waals surface area (Å²) >= 11 is 1.28. The van der Waals surface area contributed by atoms with E-state index in [0.717, 1.165) is 4.90 Å². The Morgan fingerprint density at radius 3 is 2.57 bits per heavy atom. The summed E-state index contributed by atoms with van der Waals surface area (Å²) in [7, 11) is 0. The topological polar surface area (TPSA) is 101 Å². The number of hydrogen-bond acceptors (Lipinski definition) is 5. The molecular weight excluding hydrogens is 296 g/mol. The van der Waals surface area contributed by atoms with Gasteiger partial charge in [-0.05, 0) is 18.6 Å². The van der Waals surface area contributed by atoms with Gasteiger partial charge >= 0.3 is 5.97 Å². The Morgan fingerprint density at radius 1 is 1.38 bits per heavy atom. The van der Waals surface area contributed by atoms with Crippen molar-refractivity contribution in [2.45, 2.75) is 11.3 Å². The fourth-order valence-corrected chi connectivity index (χ4v) is 2.89. The van der Waals surface area contributed by atoms with Gasteiger partial charge in [0.25, 0.3) is 5.69 Å². The molecule has 112 valence electrons. The predicted octanol–water partition coefficient (Wildman–Crippen LogP) is 1.62. The zero-order valence-electron chi connectivity index (χ0n) is 11.1. The number of thioether (sulfide) groups is 1. The zero-order chi connectivity index (χ0) is 15.4. The van der Waals surface area contributed by atoms with E-state index >= 15 is 0 Å². The van der Waals surface area contributed by atoms with Crippen LogP contribution in [0, 0.1) is 16.0 Å². The van der Waals surface area contributed by atoms with Gasteiger partial charge in [0, 0.05) is 30.1 Å². The van der Waals surface area contributed by atoms with Gasteiger partial charge in [-0.3, -0.25) is 19.7 Å². The number of rotatable bonds is 5. The molecule has 1 amide bonds. The Labute approximate surface area is 125 Å². The van der Waals surface area contributed by atoms with E-state index in [0.29, 0.717) is 13.0 Å². The van der Waals surface area contributed by atoms with E-state index in [9.17, 15) is 19.7 Å². The Hall–Kier alpha value is -2.09. The molecule has 1 aliphatic rings. The number of hydrogen-bond donors (Lipinski definition) is 1. The minimum atomic E-state index is -0.867. The average Bonchev–Trinajstić information content (AvgIpc) is 2.95. The fourth-order valence-electron chi connectivity index (χ4n) is 2.09. The van der Waals surface area contributed by atoms with Crippen LogP contribution in [-0.4, -0.2) is 45.6 Å². The minimum absolute atomic E-state index is 0.00881. The van der Waals surface area contributed by atoms with Gasteiger partial charge in [0.05, 0.1) is 16.6 Å². The molecule has 1 N–H and O–H groups in total. The maximum atomic E-state index is 12.0. The number of nitro groups is 1. The Morgan fingerprint density at radius 2 is 2.05 bits per heavy atom. The van der Waals surface area contributed by atoms with Crippen molar-refractivity contribution in [1.29, 1.82) is 0 Å². The lowest BCUT2D eigenvalue weighted by Gasteiger charge is -2.15. The molecule has 1 unspecified atom stereocenters. The molecule has 1 heterocycles. The van der Waals surface area contributed by atoms with Crippen LogP contribution in [0.4, 0.5) is 5.69 Å². The molecule has 7 nitrogen and oxygen atoms in total. The summed E-state index contributed by atoms with van der Waals surface area (Å²) in [6.07, 6.45) is 0.489. The summed E-state index contributed by atoms with van der Waals surface area (Å²) in [5.41, 5.74) is 0.00881. The van der Waals surface area contributed by atoms with Crippen LogP contribution in [0.15, 0.2) is 29.2 Å². The molecular formula is C13H14N2O5S. The lowest BCUT2D eigenvalue weighted by atomic mass is 10.1. The van der Waals surface area contributed by atoms with Gasteiger partial charge < -0.3 is 10.0 Å². The van der Waals surface area contributed by atoms with Crippen LogP contribution in [-0.2, 0) is 9.59 Å². The summed E-state index contributed by atoms with van der Waals surface area (Å²) in [6, 6.07) is 5.98. The van der Waals surface area contributed by atoms with Crippen molar-refractivity contribution in [3.8, 4) is 0 Å². The number of nitrogens with zero attached hydrogens (tertiary/aromatic N) is 2. The number of carboxylic acids is 1. The van der Waals surface area contributed by atoms with Gasteiger partial charge in [-0.25, -0.2) is 0 Å². The number of aliphatic carboxylic acids is 1. The highest BCUT2D eigenvalue weighted by molar-refractivity contribution is 8.00. The van der Waals surface area contributed by atoms with E-state index in [4.69, 9.17) is 5.11 Å². The number of carbonyl (C=O) groups excluding carboxylic acids is 1. The van der Waals surface area contributed by atoms with Crippen LogP contribution in [0.5, 0.6) is 0 Å². The number of likely N-dealkylation sites (tertiary alicyclic amines) is 1. The van der Waals surface area contributed by atoms with Crippen molar-refractivity contribution in [3.63, 3.8) is 0 Å². The normalized spacial score (nSPS) is 17.7. The van der Waals surface area contributed by atoms with Crippen LogP contribution in [0.25, 0.3) is 0 Å². The number of benzene rings is 1. The Balaban J connectivity index is 1.84. The largest absolute Gasteiger partial charge is 0.481 e. The molecule has 1 saturated heterocycles. The first kappa shape index (κ1) is 15.3. The molecule has 0 saturated carbocycles. The second-order valence-corrected chi connectivity index (χ2v) is 5.75. The number of non-ortho nitro benzene ring substituents is 1. The van der Waals surface area contributed by atoms with E-state index in [1.165, 1.54) is 23.9 Å².